The first-order valence-electron chi connectivity index (χ1n) is 9.19. The van der Waals surface area contributed by atoms with Gasteiger partial charge in [0.1, 0.15) is 17.4 Å². The maximum Gasteiger partial charge on any atom is 0.321 e. The number of carbonyl (C=O) groups is 1. The van der Waals surface area contributed by atoms with E-state index in [0.29, 0.717) is 19.0 Å². The van der Waals surface area contributed by atoms with Crippen molar-refractivity contribution in [3.63, 3.8) is 0 Å². The Hall–Kier alpha value is -2.63. The van der Waals surface area contributed by atoms with Gasteiger partial charge in [0.25, 0.3) is 0 Å². The molecule has 0 radical (unpaired) electrons. The highest BCUT2D eigenvalue weighted by Gasteiger charge is 2.23. The molecule has 0 saturated carbocycles. The fourth-order valence-electron chi connectivity index (χ4n) is 3.37. The summed E-state index contributed by atoms with van der Waals surface area (Å²) in [7, 11) is 1.66. The monoisotopic (exact) mass is 374 g/mol. The van der Waals surface area contributed by atoms with Crippen molar-refractivity contribution >= 4 is 11.7 Å². The maximum absolute atomic E-state index is 13.7. The van der Waals surface area contributed by atoms with Crippen molar-refractivity contribution in [2.24, 2.45) is 5.92 Å². The summed E-state index contributed by atoms with van der Waals surface area (Å²) in [6.45, 7) is 1.28. The van der Waals surface area contributed by atoms with Crippen molar-refractivity contribution in [2.75, 3.05) is 25.5 Å². The Morgan fingerprint density at radius 1 is 1.15 bits per heavy atom. The van der Waals surface area contributed by atoms with E-state index in [-0.39, 0.29) is 11.7 Å². The van der Waals surface area contributed by atoms with Crippen molar-refractivity contribution in [3.8, 4) is 5.75 Å². The quantitative estimate of drug-likeness (QED) is 0.813. The first-order valence-corrected chi connectivity index (χ1v) is 9.19. The van der Waals surface area contributed by atoms with Crippen LogP contribution in [0.1, 0.15) is 24.8 Å². The molecule has 1 aliphatic rings. The van der Waals surface area contributed by atoms with Crippen LogP contribution in [0.4, 0.5) is 19.3 Å². The van der Waals surface area contributed by atoms with Gasteiger partial charge in [-0.3, -0.25) is 0 Å². The molecular formula is C21H24F2N2O2. The molecule has 1 saturated heterocycles. The molecule has 0 aliphatic carbocycles. The van der Waals surface area contributed by atoms with Gasteiger partial charge in [-0.1, -0.05) is 12.1 Å². The van der Waals surface area contributed by atoms with E-state index in [1.54, 1.807) is 12.0 Å². The molecule has 0 unspecified atom stereocenters. The predicted octanol–water partition coefficient (Wildman–Crippen LogP) is 4.85. The molecule has 0 spiro atoms. The van der Waals surface area contributed by atoms with Crippen LogP contribution in [0.2, 0.25) is 0 Å². The summed E-state index contributed by atoms with van der Waals surface area (Å²) >= 11 is 0. The number of methoxy groups -OCH3 is 1. The number of aryl methyl sites for hydroxylation is 1. The summed E-state index contributed by atoms with van der Waals surface area (Å²) in [5.41, 5.74) is 1.28. The molecule has 0 aromatic heterocycles. The lowest BCUT2D eigenvalue weighted by Gasteiger charge is -2.32. The summed E-state index contributed by atoms with van der Waals surface area (Å²) in [5, 5.41) is 2.52. The van der Waals surface area contributed by atoms with Crippen LogP contribution in [-0.4, -0.2) is 31.1 Å². The topological polar surface area (TPSA) is 41.6 Å². The number of urea groups is 1. The van der Waals surface area contributed by atoms with E-state index >= 15 is 0 Å². The average molecular weight is 374 g/mol. The molecule has 4 nitrogen and oxygen atoms in total. The van der Waals surface area contributed by atoms with E-state index in [4.69, 9.17) is 4.74 Å². The second-order valence-electron chi connectivity index (χ2n) is 6.87. The van der Waals surface area contributed by atoms with Crippen LogP contribution in [0, 0.1) is 17.6 Å². The van der Waals surface area contributed by atoms with E-state index in [1.807, 2.05) is 12.1 Å². The summed E-state index contributed by atoms with van der Waals surface area (Å²) in [6.07, 6.45) is 3.93. The van der Waals surface area contributed by atoms with Gasteiger partial charge < -0.3 is 15.0 Å². The lowest BCUT2D eigenvalue weighted by atomic mass is 9.90. The summed E-state index contributed by atoms with van der Waals surface area (Å²) < 4.78 is 31.8. The number of amides is 2. The molecular weight excluding hydrogens is 350 g/mol. The Morgan fingerprint density at radius 3 is 2.48 bits per heavy atom. The first kappa shape index (κ1) is 19.1. The Kier molecular flexibility index (Phi) is 6.27. The smallest absolute Gasteiger partial charge is 0.321 e. The Morgan fingerprint density at radius 2 is 1.85 bits per heavy atom. The number of piperidine rings is 1. The lowest BCUT2D eigenvalue weighted by molar-refractivity contribution is 0.180. The van der Waals surface area contributed by atoms with Crippen LogP contribution in [0.3, 0.4) is 0 Å². The number of nitrogens with zero attached hydrogens (tertiary/aromatic N) is 1. The SMILES string of the molecule is COc1ccc(CCC2CCN(C(=O)Nc3ccc(F)cc3F)CC2)cc1. The summed E-state index contributed by atoms with van der Waals surface area (Å²) in [5.74, 6) is -0.00438. The Balaban J connectivity index is 1.44. The highest BCUT2D eigenvalue weighted by Crippen LogP contribution is 2.24. The predicted molar refractivity (Wildman–Crippen MR) is 101 cm³/mol. The third-order valence-corrected chi connectivity index (χ3v) is 5.07. The zero-order chi connectivity index (χ0) is 19.2. The van der Waals surface area contributed by atoms with E-state index in [1.165, 1.54) is 11.6 Å². The number of rotatable bonds is 5. The second kappa shape index (κ2) is 8.84. The van der Waals surface area contributed by atoms with Gasteiger partial charge in [0.05, 0.1) is 12.8 Å². The minimum atomic E-state index is -0.766. The maximum atomic E-state index is 13.7. The number of ether oxygens (including phenoxy) is 1. The molecule has 0 atom stereocenters. The van der Waals surface area contributed by atoms with Gasteiger partial charge >= 0.3 is 6.03 Å². The molecule has 1 N–H and O–H groups in total. The lowest BCUT2D eigenvalue weighted by Crippen LogP contribution is -2.41. The van der Waals surface area contributed by atoms with Crippen molar-refractivity contribution in [1.29, 1.82) is 0 Å². The highest BCUT2D eigenvalue weighted by atomic mass is 19.1. The molecule has 2 aromatic rings. The molecule has 0 bridgehead atoms. The molecule has 1 heterocycles. The largest absolute Gasteiger partial charge is 0.497 e. The summed E-state index contributed by atoms with van der Waals surface area (Å²) in [4.78, 5) is 14.0. The van der Waals surface area contributed by atoms with Gasteiger partial charge in [-0.25, -0.2) is 13.6 Å². The number of likely N-dealkylation sites (tertiary alicyclic amines) is 1. The van der Waals surface area contributed by atoms with E-state index < -0.39 is 11.6 Å². The van der Waals surface area contributed by atoms with Gasteiger partial charge in [-0.15, -0.1) is 0 Å². The molecule has 6 heteroatoms. The number of benzene rings is 2. The molecule has 3 rings (SSSR count). The number of hydrogen-bond donors (Lipinski definition) is 1. The number of carbonyl (C=O) groups excluding carboxylic acids is 1. The standard InChI is InChI=1S/C21H24F2N2O2/c1-27-18-7-4-15(5-8-18)2-3-16-10-12-25(13-11-16)21(26)24-20-9-6-17(22)14-19(20)23/h4-9,14,16H,2-3,10-13H2,1H3,(H,24,26). The van der Waals surface area contributed by atoms with Crippen LogP contribution >= 0.6 is 0 Å². The molecule has 144 valence electrons. The van der Waals surface area contributed by atoms with Gasteiger partial charge in [-0.05, 0) is 61.4 Å². The molecule has 1 aliphatic heterocycles. The number of anilines is 1. The van der Waals surface area contributed by atoms with Gasteiger partial charge in [0.15, 0.2) is 0 Å². The molecule has 1 fully saturated rings. The van der Waals surface area contributed by atoms with Crippen molar-refractivity contribution in [3.05, 3.63) is 59.7 Å². The van der Waals surface area contributed by atoms with Crippen LogP contribution in [0.25, 0.3) is 0 Å². The molecule has 27 heavy (non-hydrogen) atoms. The molecule has 2 amide bonds. The van der Waals surface area contributed by atoms with Crippen LogP contribution in [0.15, 0.2) is 42.5 Å². The van der Waals surface area contributed by atoms with Crippen LogP contribution in [-0.2, 0) is 6.42 Å². The highest BCUT2D eigenvalue weighted by molar-refractivity contribution is 5.89. The van der Waals surface area contributed by atoms with E-state index in [0.717, 1.165) is 43.6 Å². The van der Waals surface area contributed by atoms with Gasteiger partial charge in [0, 0.05) is 19.2 Å². The third kappa shape index (κ3) is 5.18. The fraction of sp³-hybridized carbons (Fsp3) is 0.381. The van der Waals surface area contributed by atoms with E-state index in [2.05, 4.69) is 17.4 Å². The minimum absolute atomic E-state index is 0.00280. The number of halogens is 2. The Labute approximate surface area is 158 Å². The second-order valence-corrected chi connectivity index (χ2v) is 6.87. The average Bonchev–Trinajstić information content (AvgIpc) is 2.69. The number of hydrogen-bond acceptors (Lipinski definition) is 2. The minimum Gasteiger partial charge on any atom is -0.497 e. The van der Waals surface area contributed by atoms with Crippen molar-refractivity contribution in [2.45, 2.75) is 25.7 Å². The van der Waals surface area contributed by atoms with Gasteiger partial charge in [-0.2, -0.15) is 0 Å². The van der Waals surface area contributed by atoms with Crippen molar-refractivity contribution in [1.82, 2.24) is 4.90 Å². The summed E-state index contributed by atoms with van der Waals surface area (Å²) in [6, 6.07) is 10.9. The Bertz CT molecular complexity index is 772. The van der Waals surface area contributed by atoms with E-state index in [9.17, 15) is 13.6 Å². The molecule has 2 aromatic carbocycles. The normalized spacial score (nSPS) is 14.9. The number of nitrogens with one attached hydrogen (secondary N) is 1. The van der Waals surface area contributed by atoms with Gasteiger partial charge in [0.2, 0.25) is 0 Å². The van der Waals surface area contributed by atoms with Crippen molar-refractivity contribution < 1.29 is 18.3 Å². The first-order chi connectivity index (χ1) is 13.0. The fourth-order valence-corrected chi connectivity index (χ4v) is 3.37. The zero-order valence-electron chi connectivity index (χ0n) is 15.4. The third-order valence-electron chi connectivity index (χ3n) is 5.07. The zero-order valence-corrected chi connectivity index (χ0v) is 15.4. The van der Waals surface area contributed by atoms with Crippen LogP contribution < -0.4 is 10.1 Å². The van der Waals surface area contributed by atoms with Crippen LogP contribution in [0.5, 0.6) is 5.75 Å².